The van der Waals surface area contributed by atoms with Crippen molar-refractivity contribution in [2.75, 3.05) is 7.11 Å². The van der Waals surface area contributed by atoms with Crippen LogP contribution in [0.25, 0.3) is 22.3 Å². The zero-order chi connectivity index (χ0) is 17.1. The predicted molar refractivity (Wildman–Crippen MR) is 95.5 cm³/mol. The van der Waals surface area contributed by atoms with Gasteiger partial charge in [-0.05, 0) is 40.8 Å². The fraction of sp³-hybridized carbons (Fsp3) is 0.286. The van der Waals surface area contributed by atoms with Crippen molar-refractivity contribution in [2.45, 2.75) is 32.8 Å². The van der Waals surface area contributed by atoms with Crippen LogP contribution >= 0.6 is 0 Å². The highest BCUT2D eigenvalue weighted by molar-refractivity contribution is 5.97. The predicted octanol–water partition coefficient (Wildman–Crippen LogP) is 4.45. The second-order valence-corrected chi connectivity index (χ2v) is 7.35. The van der Waals surface area contributed by atoms with Crippen molar-refractivity contribution in [3.05, 3.63) is 57.7 Å². The molecule has 3 aromatic rings. The summed E-state index contributed by atoms with van der Waals surface area (Å²) >= 11 is 0. The summed E-state index contributed by atoms with van der Waals surface area (Å²) in [5, 5.41) is 0. The van der Waals surface area contributed by atoms with Crippen molar-refractivity contribution in [2.24, 2.45) is 0 Å². The summed E-state index contributed by atoms with van der Waals surface area (Å²) in [7, 11) is 1.64. The minimum atomic E-state index is 0.0291. The maximum atomic E-state index is 12.5. The third kappa shape index (κ3) is 2.23. The van der Waals surface area contributed by atoms with E-state index < -0.39 is 0 Å². The van der Waals surface area contributed by atoms with Crippen LogP contribution in [0.4, 0.5) is 0 Å². The van der Waals surface area contributed by atoms with Crippen LogP contribution in [-0.2, 0) is 12.0 Å². The number of ether oxygens (including phenoxy) is 2. The van der Waals surface area contributed by atoms with Crippen LogP contribution in [0.3, 0.4) is 0 Å². The second-order valence-electron chi connectivity index (χ2n) is 7.35. The molecule has 0 radical (unpaired) electrons. The topological polar surface area (TPSA) is 35.5 Å². The summed E-state index contributed by atoms with van der Waals surface area (Å²) < 4.78 is 11.3. The van der Waals surface area contributed by atoms with Gasteiger partial charge in [-0.3, -0.25) is 4.79 Å². The minimum Gasteiger partial charge on any atom is -0.497 e. The molecule has 1 aliphatic heterocycles. The Morgan fingerprint density at radius 3 is 2.46 bits per heavy atom. The van der Waals surface area contributed by atoms with E-state index in [9.17, 15) is 4.79 Å². The van der Waals surface area contributed by atoms with E-state index in [0.29, 0.717) is 6.61 Å². The van der Waals surface area contributed by atoms with Gasteiger partial charge in [-0.1, -0.05) is 32.9 Å². The number of hydrogen-bond acceptors (Lipinski definition) is 3. The van der Waals surface area contributed by atoms with E-state index in [1.807, 2.05) is 24.3 Å². The Labute approximate surface area is 141 Å². The average Bonchev–Trinajstić information content (AvgIpc) is 3.19. The first kappa shape index (κ1) is 15.0. The summed E-state index contributed by atoms with van der Waals surface area (Å²) in [4.78, 5) is 12.5. The van der Waals surface area contributed by atoms with Gasteiger partial charge < -0.3 is 9.47 Å². The van der Waals surface area contributed by atoms with Gasteiger partial charge in [0.1, 0.15) is 18.1 Å². The zero-order valence-electron chi connectivity index (χ0n) is 14.4. The maximum Gasteiger partial charge on any atom is 0.195 e. The molecule has 0 amide bonds. The molecule has 24 heavy (non-hydrogen) atoms. The van der Waals surface area contributed by atoms with E-state index in [4.69, 9.17) is 9.47 Å². The van der Waals surface area contributed by atoms with Gasteiger partial charge in [-0.2, -0.15) is 0 Å². The molecule has 3 heteroatoms. The highest BCUT2D eigenvalue weighted by Crippen LogP contribution is 2.45. The molecule has 3 nitrogen and oxygen atoms in total. The molecule has 0 unspecified atom stereocenters. The zero-order valence-corrected chi connectivity index (χ0v) is 14.4. The van der Waals surface area contributed by atoms with Crippen LogP contribution < -0.4 is 14.9 Å². The average molecular weight is 320 g/mol. The Kier molecular flexibility index (Phi) is 3.11. The number of fused-ring (bicyclic) bond motifs is 5. The molecule has 0 aliphatic carbocycles. The molecule has 0 aromatic heterocycles. The quantitative estimate of drug-likeness (QED) is 0.664. The Morgan fingerprint density at radius 2 is 1.75 bits per heavy atom. The normalized spacial score (nSPS) is 13.3. The molecule has 0 bridgehead atoms. The van der Waals surface area contributed by atoms with E-state index in [0.717, 1.165) is 39.3 Å². The molecular weight excluding hydrogens is 300 g/mol. The molecule has 0 fully saturated rings. The van der Waals surface area contributed by atoms with E-state index in [1.54, 1.807) is 7.11 Å². The van der Waals surface area contributed by atoms with Gasteiger partial charge in [0, 0.05) is 22.3 Å². The van der Waals surface area contributed by atoms with Crippen molar-refractivity contribution < 1.29 is 9.47 Å². The monoisotopic (exact) mass is 320 g/mol. The third-order valence-electron chi connectivity index (χ3n) is 4.72. The van der Waals surface area contributed by atoms with E-state index in [-0.39, 0.29) is 10.8 Å². The van der Waals surface area contributed by atoms with Crippen LogP contribution in [-0.4, -0.2) is 7.11 Å². The number of rotatable bonds is 1. The lowest BCUT2D eigenvalue weighted by Crippen LogP contribution is -2.11. The molecular formula is C21H20O3. The van der Waals surface area contributed by atoms with Gasteiger partial charge in [0.05, 0.1) is 7.11 Å². The maximum absolute atomic E-state index is 12.5. The van der Waals surface area contributed by atoms with Crippen LogP contribution in [0.1, 0.15) is 31.9 Å². The van der Waals surface area contributed by atoms with Gasteiger partial charge in [-0.15, -0.1) is 0 Å². The van der Waals surface area contributed by atoms with E-state index >= 15 is 0 Å². The lowest BCUT2D eigenvalue weighted by molar-refractivity contribution is 0.306. The minimum absolute atomic E-state index is 0.0291. The van der Waals surface area contributed by atoms with E-state index in [1.165, 1.54) is 5.56 Å². The Bertz CT molecular complexity index is 950. The number of methoxy groups -OCH3 is 1. The van der Waals surface area contributed by atoms with Gasteiger partial charge in [0.25, 0.3) is 0 Å². The first-order valence-corrected chi connectivity index (χ1v) is 8.14. The first-order valence-electron chi connectivity index (χ1n) is 8.14. The Balaban J connectivity index is 1.89. The smallest absolute Gasteiger partial charge is 0.195 e. The third-order valence-corrected chi connectivity index (χ3v) is 4.72. The van der Waals surface area contributed by atoms with Crippen LogP contribution in [0.15, 0.2) is 41.2 Å². The highest BCUT2D eigenvalue weighted by atomic mass is 16.5. The molecule has 1 heterocycles. The highest BCUT2D eigenvalue weighted by Gasteiger charge is 2.32. The van der Waals surface area contributed by atoms with E-state index in [2.05, 4.69) is 32.9 Å². The Morgan fingerprint density at radius 1 is 1.00 bits per heavy atom. The molecule has 4 rings (SSSR count). The first-order chi connectivity index (χ1) is 11.4. The molecule has 0 N–H and O–H groups in total. The van der Waals surface area contributed by atoms with Crippen molar-refractivity contribution in [3.8, 4) is 33.8 Å². The van der Waals surface area contributed by atoms with Gasteiger partial charge in [0.2, 0.25) is 0 Å². The fourth-order valence-electron chi connectivity index (χ4n) is 3.22. The molecule has 0 spiro atoms. The summed E-state index contributed by atoms with van der Waals surface area (Å²) in [5.74, 6) is 1.55. The van der Waals surface area contributed by atoms with Crippen LogP contribution in [0.5, 0.6) is 11.5 Å². The molecule has 1 aliphatic rings. The summed E-state index contributed by atoms with van der Waals surface area (Å²) in [6.07, 6.45) is 0. The number of hydrogen-bond donors (Lipinski definition) is 0. The van der Waals surface area contributed by atoms with Crippen molar-refractivity contribution in [1.82, 2.24) is 0 Å². The largest absolute Gasteiger partial charge is 0.497 e. The molecule has 3 aromatic carbocycles. The lowest BCUT2D eigenvalue weighted by atomic mass is 9.85. The van der Waals surface area contributed by atoms with Crippen molar-refractivity contribution in [3.63, 3.8) is 0 Å². The van der Waals surface area contributed by atoms with Crippen molar-refractivity contribution >= 4 is 0 Å². The molecule has 0 saturated carbocycles. The van der Waals surface area contributed by atoms with Crippen LogP contribution in [0, 0.1) is 0 Å². The van der Waals surface area contributed by atoms with Crippen LogP contribution in [0.2, 0.25) is 0 Å². The molecule has 0 atom stereocenters. The standard InChI is InChI=1S/C21H20O3/c1-21(2,3)13-5-8-17-16(10-13)19-18(20(19)22)15-7-6-14(23-4)9-12(15)11-24-17/h5-10H,11H2,1-4H3. The lowest BCUT2D eigenvalue weighted by Gasteiger charge is -2.22. The van der Waals surface area contributed by atoms with Gasteiger partial charge in [-0.25, -0.2) is 0 Å². The Hall–Kier alpha value is -2.55. The van der Waals surface area contributed by atoms with Gasteiger partial charge >= 0.3 is 0 Å². The summed E-state index contributed by atoms with van der Waals surface area (Å²) in [5.41, 5.74) is 5.84. The fourth-order valence-corrected chi connectivity index (χ4v) is 3.22. The summed E-state index contributed by atoms with van der Waals surface area (Å²) in [6.45, 7) is 6.94. The summed E-state index contributed by atoms with van der Waals surface area (Å²) in [6, 6.07) is 12.0. The second kappa shape index (κ2) is 4.97. The van der Waals surface area contributed by atoms with Gasteiger partial charge in [0.15, 0.2) is 5.43 Å². The number of benzene rings is 2. The SMILES string of the molecule is COc1ccc2c(c1)COc1ccc(C(C)(C)C)cc1-c1c-2c1=O. The molecule has 122 valence electrons. The molecule has 0 saturated heterocycles. The van der Waals surface area contributed by atoms with Crippen molar-refractivity contribution in [1.29, 1.82) is 0 Å².